The Kier molecular flexibility index (Phi) is 7.55. The predicted octanol–water partition coefficient (Wildman–Crippen LogP) is 6.30. The number of aliphatic hydroxyl groups is 1. The largest absolute Gasteiger partial charge is 0.467 e. The fraction of sp³-hybridized carbons (Fsp3) is 0.588. The number of ether oxygens (including phenoxy) is 3. The van der Waals surface area contributed by atoms with Crippen molar-refractivity contribution >= 4 is 28.3 Å². The zero-order chi connectivity index (χ0) is 30.9. The highest BCUT2D eigenvalue weighted by molar-refractivity contribution is 6.32. The molecular weight excluding hydrogens is 602 g/mol. The van der Waals surface area contributed by atoms with Crippen molar-refractivity contribution in [1.82, 2.24) is 14.9 Å². The van der Waals surface area contributed by atoms with Crippen LogP contribution in [0.1, 0.15) is 62.8 Å². The second kappa shape index (κ2) is 11.5. The van der Waals surface area contributed by atoms with Gasteiger partial charge in [-0.15, -0.1) is 0 Å². The van der Waals surface area contributed by atoms with Gasteiger partial charge in [0.1, 0.15) is 29.5 Å². The van der Waals surface area contributed by atoms with E-state index in [1.54, 1.807) is 12.1 Å². The molecule has 3 aromatic rings. The summed E-state index contributed by atoms with van der Waals surface area (Å²) >= 11 is 6.72. The quantitative estimate of drug-likeness (QED) is 0.273. The Balaban J connectivity index is 1.26. The highest BCUT2D eigenvalue weighted by Gasteiger charge is 2.45. The van der Waals surface area contributed by atoms with Crippen LogP contribution in [-0.4, -0.2) is 78.3 Å². The molecule has 0 spiro atoms. The first-order valence-corrected chi connectivity index (χ1v) is 16.7. The van der Waals surface area contributed by atoms with Gasteiger partial charge in [0.2, 0.25) is 0 Å². The lowest BCUT2D eigenvalue weighted by molar-refractivity contribution is 0.0511. The van der Waals surface area contributed by atoms with Gasteiger partial charge in [0.15, 0.2) is 12.6 Å². The number of piperidine rings is 1. The van der Waals surface area contributed by atoms with Crippen LogP contribution in [0.2, 0.25) is 5.02 Å². The fourth-order valence-electron chi connectivity index (χ4n) is 8.57. The number of aliphatic hydroxyl groups excluding tert-OH is 1. The topological polar surface area (TPSA) is 80.2 Å². The van der Waals surface area contributed by atoms with Gasteiger partial charge in [-0.2, -0.15) is 9.97 Å². The van der Waals surface area contributed by atoms with E-state index in [-0.39, 0.29) is 47.4 Å². The van der Waals surface area contributed by atoms with Crippen LogP contribution in [-0.2, 0) is 4.74 Å². The minimum absolute atomic E-state index is 0.0122. The number of methoxy groups -OCH3 is 1. The molecule has 3 atom stereocenters. The second-order valence-electron chi connectivity index (χ2n) is 13.7. The highest BCUT2D eigenvalue weighted by Crippen LogP contribution is 2.51. The Morgan fingerprint density at radius 2 is 1.84 bits per heavy atom. The van der Waals surface area contributed by atoms with Crippen molar-refractivity contribution in [2.75, 3.05) is 51.6 Å². The summed E-state index contributed by atoms with van der Waals surface area (Å²) in [5, 5.41) is 11.3. The maximum atomic E-state index is 16.9. The van der Waals surface area contributed by atoms with E-state index in [1.807, 2.05) is 0 Å². The first-order valence-electron chi connectivity index (χ1n) is 16.3. The van der Waals surface area contributed by atoms with Gasteiger partial charge in [-0.3, -0.25) is 4.90 Å². The number of hydrogen-bond acceptors (Lipinski definition) is 8. The third kappa shape index (κ3) is 5.22. The second-order valence-corrected chi connectivity index (χ2v) is 14.1. The normalized spacial score (nSPS) is 25.7. The summed E-state index contributed by atoms with van der Waals surface area (Å²) in [5.74, 6) is -0.165. The molecule has 3 unspecified atom stereocenters. The number of rotatable bonds is 9. The first-order chi connectivity index (χ1) is 21.8. The van der Waals surface area contributed by atoms with Gasteiger partial charge < -0.3 is 24.2 Å². The summed E-state index contributed by atoms with van der Waals surface area (Å²) in [4.78, 5) is 14.0. The SMILES string of the molecule is COCOc1cc(Cl)c(C2CC2)c(-c2c(F)cc3c(N4CC5CC(O)C(C5)C4)nc(OCC45CCCN4CCC5)nc3c2F)c1. The molecule has 0 amide bonds. The zero-order valence-corrected chi connectivity index (χ0v) is 26.3. The van der Waals surface area contributed by atoms with Crippen molar-refractivity contribution in [3.05, 3.63) is 40.4 Å². The Labute approximate surface area is 266 Å². The van der Waals surface area contributed by atoms with Crippen LogP contribution in [0.4, 0.5) is 14.6 Å². The van der Waals surface area contributed by atoms with E-state index in [2.05, 4.69) is 14.8 Å². The molecule has 240 valence electrons. The summed E-state index contributed by atoms with van der Waals surface area (Å²) in [6.45, 7) is 3.74. The van der Waals surface area contributed by atoms with Crippen LogP contribution in [0.15, 0.2) is 18.2 Å². The molecule has 8 rings (SSSR count). The molecule has 5 aliphatic rings. The van der Waals surface area contributed by atoms with Crippen LogP contribution in [0, 0.1) is 23.5 Å². The maximum Gasteiger partial charge on any atom is 0.319 e. The summed E-state index contributed by atoms with van der Waals surface area (Å²) < 4.78 is 50.3. The molecule has 45 heavy (non-hydrogen) atoms. The lowest BCUT2D eigenvalue weighted by Crippen LogP contribution is -2.43. The zero-order valence-electron chi connectivity index (χ0n) is 25.5. The first kappa shape index (κ1) is 29.6. The monoisotopic (exact) mass is 640 g/mol. The smallest absolute Gasteiger partial charge is 0.319 e. The van der Waals surface area contributed by atoms with E-state index in [4.69, 9.17) is 30.8 Å². The Morgan fingerprint density at radius 1 is 1.04 bits per heavy atom. The van der Waals surface area contributed by atoms with Gasteiger partial charge in [-0.1, -0.05) is 11.6 Å². The number of aromatic nitrogens is 2. The van der Waals surface area contributed by atoms with Crippen LogP contribution >= 0.6 is 11.6 Å². The number of benzene rings is 2. The van der Waals surface area contributed by atoms with E-state index < -0.39 is 11.6 Å². The van der Waals surface area contributed by atoms with E-state index in [1.165, 1.54) is 13.2 Å². The Morgan fingerprint density at radius 3 is 2.58 bits per heavy atom. The lowest BCUT2D eigenvalue weighted by Gasteiger charge is -2.34. The molecule has 1 N–H and O–H groups in total. The van der Waals surface area contributed by atoms with Crippen molar-refractivity contribution in [3.63, 3.8) is 0 Å². The molecule has 2 aromatic carbocycles. The number of hydrogen-bond donors (Lipinski definition) is 1. The van der Waals surface area contributed by atoms with Crippen LogP contribution in [0.25, 0.3) is 22.0 Å². The third-order valence-corrected chi connectivity index (χ3v) is 11.1. The molecule has 11 heteroatoms. The molecule has 2 aliphatic carbocycles. The summed E-state index contributed by atoms with van der Waals surface area (Å²) in [6.07, 6.45) is 7.45. The van der Waals surface area contributed by atoms with Crippen LogP contribution < -0.4 is 14.4 Å². The van der Waals surface area contributed by atoms with Crippen molar-refractivity contribution < 1.29 is 28.1 Å². The average Bonchev–Trinajstić information content (AvgIpc) is 3.56. The van der Waals surface area contributed by atoms with Crippen molar-refractivity contribution in [1.29, 1.82) is 0 Å². The van der Waals surface area contributed by atoms with Crippen LogP contribution in [0.5, 0.6) is 11.8 Å². The number of fused-ring (bicyclic) bond motifs is 4. The standard InChI is InChI=1S/C34H39ClF2N4O4/c1-43-18-45-22-12-23(28(20-4-5-20)25(35)13-22)29-26(36)14-24-31(30(29)37)38-33(44-17-34-6-2-8-41(34)9-3-7-34)39-32(24)40-15-19-10-21(16-40)27(42)11-19/h12-14,19-21,27,42H,2-11,15-18H2,1H3. The molecule has 3 aliphatic heterocycles. The molecule has 2 saturated carbocycles. The van der Waals surface area contributed by atoms with E-state index in [9.17, 15) is 5.11 Å². The molecule has 8 nitrogen and oxygen atoms in total. The molecule has 4 heterocycles. The van der Waals surface area contributed by atoms with Gasteiger partial charge >= 0.3 is 6.01 Å². The van der Waals surface area contributed by atoms with Crippen molar-refractivity contribution in [3.8, 4) is 22.9 Å². The Hall–Kier alpha value is -2.79. The van der Waals surface area contributed by atoms with E-state index in [0.29, 0.717) is 58.7 Å². The molecular formula is C34H39ClF2N4O4. The summed E-state index contributed by atoms with van der Waals surface area (Å²) in [5.41, 5.74) is 0.861. The average molecular weight is 641 g/mol. The summed E-state index contributed by atoms with van der Waals surface area (Å²) in [6, 6.07) is 4.76. The van der Waals surface area contributed by atoms with Gasteiger partial charge in [-0.05, 0) is 106 Å². The van der Waals surface area contributed by atoms with Crippen molar-refractivity contribution in [2.45, 2.75) is 68.9 Å². The molecule has 3 saturated heterocycles. The van der Waals surface area contributed by atoms with Crippen LogP contribution in [0.3, 0.4) is 0 Å². The lowest BCUT2D eigenvalue weighted by atomic mass is 9.94. The van der Waals surface area contributed by atoms with Gasteiger partial charge in [-0.25, -0.2) is 8.78 Å². The summed E-state index contributed by atoms with van der Waals surface area (Å²) in [7, 11) is 1.51. The number of halogens is 3. The molecule has 0 radical (unpaired) electrons. The van der Waals surface area contributed by atoms with Crippen molar-refractivity contribution in [2.24, 2.45) is 11.8 Å². The molecule has 2 bridgehead atoms. The minimum atomic E-state index is -0.776. The third-order valence-electron chi connectivity index (χ3n) is 10.8. The van der Waals surface area contributed by atoms with Gasteiger partial charge in [0.05, 0.1) is 17.2 Å². The number of nitrogens with zero attached hydrogens (tertiary/aromatic N) is 4. The predicted molar refractivity (Wildman–Crippen MR) is 167 cm³/mol. The van der Waals surface area contributed by atoms with E-state index >= 15 is 8.78 Å². The Bertz CT molecular complexity index is 1630. The van der Waals surface area contributed by atoms with Gasteiger partial charge in [0.25, 0.3) is 0 Å². The fourth-order valence-corrected chi connectivity index (χ4v) is 8.94. The van der Waals surface area contributed by atoms with E-state index in [0.717, 1.165) is 64.5 Å². The highest BCUT2D eigenvalue weighted by atomic mass is 35.5. The van der Waals surface area contributed by atoms with Gasteiger partial charge in [0, 0.05) is 36.5 Å². The molecule has 1 aromatic heterocycles. The number of anilines is 1. The molecule has 5 fully saturated rings. The maximum absolute atomic E-state index is 16.9. The minimum Gasteiger partial charge on any atom is -0.467 e.